The van der Waals surface area contributed by atoms with E-state index in [2.05, 4.69) is 28.1 Å². The summed E-state index contributed by atoms with van der Waals surface area (Å²) >= 11 is 2.05. The number of amides is 3. The van der Waals surface area contributed by atoms with Crippen LogP contribution in [0.2, 0.25) is 0 Å². The highest BCUT2D eigenvalue weighted by Gasteiger charge is 2.15. The summed E-state index contributed by atoms with van der Waals surface area (Å²) in [5, 5.41) is 9.15. The monoisotopic (exact) mass is 658 g/mol. The molecule has 3 rings (SSSR count). The van der Waals surface area contributed by atoms with Crippen molar-refractivity contribution in [3.05, 3.63) is 75.4 Å². The third-order valence-electron chi connectivity index (χ3n) is 5.40. The minimum absolute atomic E-state index is 0.215. The standard InChI is InChI=1S/C29H31IN4O6/c1-4-5-14-39-23-12-10-22(11-13-23)33-28(36)29(37)34-31-17-20-15-24(30)27(25(16-20)38-3)40-18-26(35)32-21-8-6-19(2)7-9-21/h6-13,15-17H,4-5,14,18H2,1-3H3,(H,32,35)(H,33,36)(H,34,37)/b31-17-. The highest BCUT2D eigenvalue weighted by atomic mass is 127. The number of nitrogens with one attached hydrogen (secondary N) is 3. The number of methoxy groups -OCH3 is 1. The number of carbonyl (C=O) groups excluding carboxylic acids is 3. The van der Waals surface area contributed by atoms with Crippen molar-refractivity contribution < 1.29 is 28.6 Å². The molecular weight excluding hydrogens is 627 g/mol. The molecule has 210 valence electrons. The molecule has 0 saturated heterocycles. The van der Waals surface area contributed by atoms with Crippen LogP contribution >= 0.6 is 22.6 Å². The van der Waals surface area contributed by atoms with Crippen molar-refractivity contribution in [2.24, 2.45) is 5.10 Å². The number of aryl methyl sites for hydroxylation is 1. The van der Waals surface area contributed by atoms with E-state index >= 15 is 0 Å². The minimum Gasteiger partial charge on any atom is -0.494 e. The van der Waals surface area contributed by atoms with Crippen LogP contribution < -0.4 is 30.3 Å². The molecule has 0 aliphatic rings. The van der Waals surface area contributed by atoms with E-state index in [9.17, 15) is 14.4 Å². The molecule has 3 aromatic rings. The molecule has 0 aromatic heterocycles. The van der Waals surface area contributed by atoms with E-state index < -0.39 is 11.8 Å². The smallest absolute Gasteiger partial charge is 0.329 e. The van der Waals surface area contributed by atoms with Crippen LogP contribution in [0.5, 0.6) is 17.2 Å². The molecule has 3 N–H and O–H groups in total. The van der Waals surface area contributed by atoms with Crippen molar-refractivity contribution in [1.29, 1.82) is 0 Å². The summed E-state index contributed by atoms with van der Waals surface area (Å²) in [6.45, 7) is 4.45. The maximum atomic E-state index is 12.3. The van der Waals surface area contributed by atoms with Crippen LogP contribution in [0.4, 0.5) is 11.4 Å². The van der Waals surface area contributed by atoms with Crippen molar-refractivity contribution >= 4 is 57.9 Å². The molecule has 0 fully saturated rings. The lowest BCUT2D eigenvalue weighted by Gasteiger charge is -2.13. The SMILES string of the molecule is CCCCOc1ccc(NC(=O)C(=O)N/N=C\c2cc(I)c(OCC(=O)Nc3ccc(C)cc3)c(OC)c2)cc1. The van der Waals surface area contributed by atoms with Gasteiger partial charge in [-0.15, -0.1) is 0 Å². The zero-order valence-corrected chi connectivity index (χ0v) is 24.6. The zero-order chi connectivity index (χ0) is 28.9. The highest BCUT2D eigenvalue weighted by molar-refractivity contribution is 14.1. The quantitative estimate of drug-likeness (QED) is 0.0837. The van der Waals surface area contributed by atoms with E-state index in [1.54, 1.807) is 36.4 Å². The van der Waals surface area contributed by atoms with Crippen molar-refractivity contribution in [2.75, 3.05) is 31.0 Å². The molecule has 0 saturated carbocycles. The van der Waals surface area contributed by atoms with Crippen LogP contribution in [0.3, 0.4) is 0 Å². The normalized spacial score (nSPS) is 10.6. The van der Waals surface area contributed by atoms with Crippen LogP contribution in [-0.2, 0) is 14.4 Å². The Morgan fingerprint density at radius 2 is 1.60 bits per heavy atom. The fourth-order valence-electron chi connectivity index (χ4n) is 3.30. The highest BCUT2D eigenvalue weighted by Crippen LogP contribution is 2.33. The lowest BCUT2D eigenvalue weighted by atomic mass is 10.2. The van der Waals surface area contributed by atoms with Gasteiger partial charge in [0.05, 0.1) is 23.5 Å². The summed E-state index contributed by atoms with van der Waals surface area (Å²) in [6.07, 6.45) is 3.36. The van der Waals surface area contributed by atoms with E-state index in [1.165, 1.54) is 13.3 Å². The number of benzene rings is 3. The maximum absolute atomic E-state index is 12.3. The molecule has 10 nitrogen and oxygen atoms in total. The van der Waals surface area contributed by atoms with Gasteiger partial charge in [0.25, 0.3) is 5.91 Å². The van der Waals surface area contributed by atoms with E-state index in [1.807, 2.05) is 53.8 Å². The van der Waals surface area contributed by atoms with Gasteiger partial charge in [0, 0.05) is 11.4 Å². The van der Waals surface area contributed by atoms with Gasteiger partial charge in [0.2, 0.25) is 0 Å². The minimum atomic E-state index is -0.930. The zero-order valence-electron chi connectivity index (χ0n) is 22.5. The van der Waals surface area contributed by atoms with E-state index in [4.69, 9.17) is 14.2 Å². The molecule has 0 bridgehead atoms. The third kappa shape index (κ3) is 9.56. The number of hydrogen-bond acceptors (Lipinski definition) is 7. The lowest BCUT2D eigenvalue weighted by molar-refractivity contribution is -0.136. The molecule has 0 spiro atoms. The fraction of sp³-hybridized carbons (Fsp3) is 0.241. The molecule has 11 heteroatoms. The Kier molecular flexibility index (Phi) is 11.8. The van der Waals surface area contributed by atoms with Crippen LogP contribution in [0.1, 0.15) is 30.9 Å². The number of hydrazone groups is 1. The first-order valence-electron chi connectivity index (χ1n) is 12.5. The van der Waals surface area contributed by atoms with Gasteiger partial charge < -0.3 is 24.8 Å². The average molecular weight is 658 g/mol. The number of anilines is 2. The molecule has 0 aliphatic carbocycles. The summed E-state index contributed by atoms with van der Waals surface area (Å²) in [5.74, 6) is -0.651. The first-order chi connectivity index (χ1) is 19.3. The number of rotatable bonds is 12. The first-order valence-corrected chi connectivity index (χ1v) is 13.6. The van der Waals surface area contributed by atoms with Crippen LogP contribution in [-0.4, -0.2) is 44.3 Å². The summed E-state index contributed by atoms with van der Waals surface area (Å²) in [5.41, 5.74) is 5.00. The number of unbranched alkanes of at least 4 members (excludes halogenated alkanes) is 1. The van der Waals surface area contributed by atoms with Gasteiger partial charge in [-0.25, -0.2) is 5.43 Å². The third-order valence-corrected chi connectivity index (χ3v) is 6.20. The summed E-state index contributed by atoms with van der Waals surface area (Å²) in [7, 11) is 1.47. The van der Waals surface area contributed by atoms with Gasteiger partial charge in [-0.1, -0.05) is 31.0 Å². The Morgan fingerprint density at radius 3 is 2.27 bits per heavy atom. The van der Waals surface area contributed by atoms with E-state index in [0.29, 0.717) is 44.4 Å². The molecule has 0 radical (unpaired) electrons. The van der Waals surface area contributed by atoms with Crippen molar-refractivity contribution in [3.8, 4) is 17.2 Å². The van der Waals surface area contributed by atoms with Crippen LogP contribution in [0.25, 0.3) is 0 Å². The van der Waals surface area contributed by atoms with Crippen molar-refractivity contribution in [1.82, 2.24) is 5.43 Å². The number of ether oxygens (including phenoxy) is 3. The van der Waals surface area contributed by atoms with Gasteiger partial charge in [0.15, 0.2) is 18.1 Å². The van der Waals surface area contributed by atoms with Crippen LogP contribution in [0.15, 0.2) is 65.8 Å². The van der Waals surface area contributed by atoms with Gasteiger partial charge in [-0.2, -0.15) is 5.10 Å². The Hall–Kier alpha value is -4.13. The van der Waals surface area contributed by atoms with Gasteiger partial charge in [-0.3, -0.25) is 14.4 Å². The molecule has 0 aliphatic heterocycles. The van der Waals surface area contributed by atoms with Crippen molar-refractivity contribution in [2.45, 2.75) is 26.7 Å². The maximum Gasteiger partial charge on any atom is 0.329 e. The van der Waals surface area contributed by atoms with Gasteiger partial charge >= 0.3 is 11.8 Å². The van der Waals surface area contributed by atoms with E-state index in [-0.39, 0.29) is 12.5 Å². The van der Waals surface area contributed by atoms with Crippen molar-refractivity contribution in [3.63, 3.8) is 0 Å². The molecule has 0 atom stereocenters. The number of halogens is 1. The summed E-state index contributed by atoms with van der Waals surface area (Å²) in [6, 6.07) is 17.6. The molecule has 0 unspecified atom stereocenters. The average Bonchev–Trinajstić information content (AvgIpc) is 2.94. The number of nitrogens with zero attached hydrogens (tertiary/aromatic N) is 1. The Labute approximate surface area is 246 Å². The summed E-state index contributed by atoms with van der Waals surface area (Å²) < 4.78 is 17.4. The summed E-state index contributed by atoms with van der Waals surface area (Å²) in [4.78, 5) is 36.7. The Balaban J connectivity index is 1.52. The predicted molar refractivity (Wildman–Crippen MR) is 162 cm³/mol. The second-order valence-corrected chi connectivity index (χ2v) is 9.78. The molecular formula is C29H31IN4O6. The fourth-order valence-corrected chi connectivity index (χ4v) is 4.08. The van der Waals surface area contributed by atoms with E-state index in [0.717, 1.165) is 18.4 Å². The molecule has 40 heavy (non-hydrogen) atoms. The lowest BCUT2D eigenvalue weighted by Crippen LogP contribution is -2.32. The second-order valence-electron chi connectivity index (χ2n) is 8.62. The number of carbonyl (C=O) groups is 3. The van der Waals surface area contributed by atoms with Gasteiger partial charge in [0.1, 0.15) is 5.75 Å². The molecule has 3 amide bonds. The molecule has 0 heterocycles. The predicted octanol–water partition coefficient (Wildman–Crippen LogP) is 4.89. The Bertz CT molecular complexity index is 1340. The first kappa shape index (κ1) is 30.4. The second kappa shape index (κ2) is 15.5. The topological polar surface area (TPSA) is 127 Å². The molecule has 3 aromatic carbocycles. The number of hydrogen-bond donors (Lipinski definition) is 3. The van der Waals surface area contributed by atoms with Gasteiger partial charge in [-0.05, 0) is 90.0 Å². The largest absolute Gasteiger partial charge is 0.494 e. The van der Waals surface area contributed by atoms with Crippen LogP contribution in [0, 0.1) is 10.5 Å². The Morgan fingerprint density at radius 1 is 0.925 bits per heavy atom.